The van der Waals surface area contributed by atoms with Gasteiger partial charge < -0.3 is 18.9 Å². The maximum atomic E-state index is 16.5. The van der Waals surface area contributed by atoms with Gasteiger partial charge >= 0.3 is 0 Å². The Kier molecular flexibility index (Phi) is 9.99. The van der Waals surface area contributed by atoms with Gasteiger partial charge in [-0.05, 0) is 56.2 Å². The van der Waals surface area contributed by atoms with E-state index in [4.69, 9.17) is 18.9 Å². The largest absolute Gasteiger partial charge is 0.497 e. The molecule has 1 N–H and O–H groups in total. The smallest absolute Gasteiger partial charge is 0.243 e. The van der Waals surface area contributed by atoms with Crippen molar-refractivity contribution in [1.82, 2.24) is 24.5 Å². The van der Waals surface area contributed by atoms with Crippen molar-refractivity contribution in [2.24, 2.45) is 0 Å². The van der Waals surface area contributed by atoms with Crippen molar-refractivity contribution in [3.8, 4) is 28.5 Å². The first-order valence-electron chi connectivity index (χ1n) is 15.6. The predicted molar refractivity (Wildman–Crippen MR) is 168 cm³/mol. The Morgan fingerprint density at radius 1 is 1.04 bits per heavy atom. The minimum atomic E-state index is -4.57. The molecule has 1 saturated heterocycles. The molecule has 2 aromatic heterocycles. The molecule has 14 heteroatoms. The van der Waals surface area contributed by atoms with Gasteiger partial charge in [-0.1, -0.05) is 12.5 Å². The number of rotatable bonds is 11. The summed E-state index contributed by atoms with van der Waals surface area (Å²) in [6, 6.07) is 6.88. The highest BCUT2D eigenvalue weighted by atomic mass is 32.2. The lowest BCUT2D eigenvalue weighted by Crippen LogP contribution is -2.30. The van der Waals surface area contributed by atoms with Crippen LogP contribution in [0.5, 0.6) is 17.2 Å². The van der Waals surface area contributed by atoms with Crippen LogP contribution in [0.2, 0.25) is 0 Å². The van der Waals surface area contributed by atoms with Crippen LogP contribution < -0.4 is 18.9 Å². The zero-order valence-corrected chi connectivity index (χ0v) is 27.0. The van der Waals surface area contributed by atoms with Crippen molar-refractivity contribution in [3.05, 3.63) is 78.0 Å². The maximum absolute atomic E-state index is 16.5. The van der Waals surface area contributed by atoms with Crippen LogP contribution >= 0.6 is 0 Å². The van der Waals surface area contributed by atoms with E-state index in [0.29, 0.717) is 36.2 Å². The molecule has 11 nitrogen and oxygen atoms in total. The molecule has 1 saturated carbocycles. The zero-order valence-electron chi connectivity index (χ0n) is 26.2. The first kappa shape index (κ1) is 32.8. The molecule has 1 aliphatic heterocycles. The number of aromatic nitrogens is 4. The van der Waals surface area contributed by atoms with Gasteiger partial charge in [-0.25, -0.2) is 36.6 Å². The van der Waals surface area contributed by atoms with E-state index in [-0.39, 0.29) is 24.4 Å². The fourth-order valence-electron chi connectivity index (χ4n) is 6.22. The van der Waals surface area contributed by atoms with Gasteiger partial charge in [0.25, 0.3) is 0 Å². The Bertz CT molecular complexity index is 1800. The number of methoxy groups -OCH3 is 2. The zero-order chi connectivity index (χ0) is 33.0. The lowest BCUT2D eigenvalue weighted by molar-refractivity contribution is -0.0395. The normalized spacial score (nSPS) is 20.1. The van der Waals surface area contributed by atoms with Crippen molar-refractivity contribution < 1.29 is 36.1 Å². The van der Waals surface area contributed by atoms with E-state index in [1.165, 1.54) is 32.8 Å². The van der Waals surface area contributed by atoms with Gasteiger partial charge in [0.2, 0.25) is 10.0 Å². The number of hydrogen-bond acceptors (Lipinski definition) is 9. The molecule has 2 fully saturated rings. The molecule has 1 unspecified atom stereocenters. The molecule has 0 radical (unpaired) electrons. The third kappa shape index (κ3) is 7.09. The van der Waals surface area contributed by atoms with Crippen molar-refractivity contribution in [1.29, 1.82) is 0 Å². The SMILES string of the molecule is COc1ccc(CNS(=O)(=O)c2cc(F)c(O[C@H]3CCCC[C@@H]3c3cnn(C4CCCCO4)c3)c(-c3ccncn3)c2F)c(OC)c1. The van der Waals surface area contributed by atoms with Crippen LogP contribution in [0.1, 0.15) is 68.2 Å². The number of nitrogens with one attached hydrogen (secondary N) is 1. The molecule has 0 amide bonds. The molecule has 250 valence electrons. The number of nitrogens with zero attached hydrogens (tertiary/aromatic N) is 4. The minimum Gasteiger partial charge on any atom is -0.497 e. The van der Waals surface area contributed by atoms with Crippen molar-refractivity contribution in [2.75, 3.05) is 20.8 Å². The van der Waals surface area contributed by atoms with Crippen LogP contribution in [0.4, 0.5) is 8.78 Å². The highest BCUT2D eigenvalue weighted by molar-refractivity contribution is 7.89. The lowest BCUT2D eigenvalue weighted by atomic mass is 9.83. The summed E-state index contributed by atoms with van der Waals surface area (Å²) in [5, 5.41) is 4.55. The topological polar surface area (TPSA) is 127 Å². The highest BCUT2D eigenvalue weighted by Crippen LogP contribution is 2.42. The van der Waals surface area contributed by atoms with Gasteiger partial charge in [0, 0.05) is 49.2 Å². The molecule has 4 aromatic rings. The van der Waals surface area contributed by atoms with Crippen molar-refractivity contribution in [3.63, 3.8) is 0 Å². The van der Waals surface area contributed by atoms with E-state index >= 15 is 8.78 Å². The third-order valence-corrected chi connectivity index (χ3v) is 10.1. The Morgan fingerprint density at radius 2 is 1.87 bits per heavy atom. The van der Waals surface area contributed by atoms with E-state index in [1.807, 2.05) is 10.9 Å². The first-order valence-corrected chi connectivity index (χ1v) is 17.1. The standard InChI is InChI=1S/C33H37F2N5O6S/c1-43-23-11-10-21(28(15-23)44-2)18-39-47(41,42)29-16-25(34)33(31(32(29)35)26-12-13-36-20-37-26)46-27-8-4-3-7-24(27)22-17-38-40(19-22)30-9-5-6-14-45-30/h10-13,15-17,19-20,24,27,30,39H,3-9,14,18H2,1-2H3/t24-,27+,30?/m1/s1. The highest BCUT2D eigenvalue weighted by Gasteiger charge is 2.34. The number of ether oxygens (including phenoxy) is 4. The molecule has 2 aliphatic rings. The average molecular weight is 670 g/mol. The molecule has 2 aromatic carbocycles. The van der Waals surface area contributed by atoms with Crippen LogP contribution in [-0.2, 0) is 21.3 Å². The summed E-state index contributed by atoms with van der Waals surface area (Å²) >= 11 is 0. The van der Waals surface area contributed by atoms with Crippen LogP contribution in [0, 0.1) is 11.6 Å². The fraction of sp³-hybridized carbons (Fsp3) is 0.424. The van der Waals surface area contributed by atoms with E-state index in [2.05, 4.69) is 19.8 Å². The number of halogens is 2. The maximum Gasteiger partial charge on any atom is 0.243 e. The third-order valence-electron chi connectivity index (χ3n) is 8.68. The van der Waals surface area contributed by atoms with Crippen LogP contribution in [0.3, 0.4) is 0 Å². The first-order chi connectivity index (χ1) is 22.8. The molecule has 6 rings (SSSR count). The van der Waals surface area contributed by atoms with Crippen LogP contribution in [0.25, 0.3) is 11.3 Å². The molecular weight excluding hydrogens is 632 g/mol. The molecule has 1 aliphatic carbocycles. The molecule has 3 heterocycles. The number of sulfonamides is 1. The molecule has 0 spiro atoms. The summed E-state index contributed by atoms with van der Waals surface area (Å²) in [4.78, 5) is 7.13. The van der Waals surface area contributed by atoms with Gasteiger partial charge in [0.1, 0.15) is 35.1 Å². The summed E-state index contributed by atoms with van der Waals surface area (Å²) < 4.78 is 86.5. The molecular formula is C33H37F2N5O6S. The van der Waals surface area contributed by atoms with Gasteiger partial charge in [-0.3, -0.25) is 0 Å². The quantitative estimate of drug-likeness (QED) is 0.207. The molecule has 3 atom stereocenters. The summed E-state index contributed by atoms with van der Waals surface area (Å²) in [6.45, 7) is 0.434. The summed E-state index contributed by atoms with van der Waals surface area (Å²) in [5.41, 5.74) is 0.974. The lowest BCUT2D eigenvalue weighted by Gasteiger charge is -2.32. The van der Waals surface area contributed by atoms with E-state index < -0.39 is 44.0 Å². The second-order valence-electron chi connectivity index (χ2n) is 11.6. The average Bonchev–Trinajstić information content (AvgIpc) is 3.60. The minimum absolute atomic E-state index is 0.0186. The second-order valence-corrected chi connectivity index (χ2v) is 13.3. The van der Waals surface area contributed by atoms with Crippen molar-refractivity contribution >= 4 is 10.0 Å². The molecule has 0 bridgehead atoms. The summed E-state index contributed by atoms with van der Waals surface area (Å²) in [7, 11) is -1.64. The van der Waals surface area contributed by atoms with Crippen molar-refractivity contribution in [2.45, 2.75) is 74.6 Å². The monoisotopic (exact) mass is 669 g/mol. The summed E-state index contributed by atoms with van der Waals surface area (Å²) in [5.74, 6) is -1.90. The van der Waals surface area contributed by atoms with Gasteiger partial charge in [-0.2, -0.15) is 5.10 Å². The predicted octanol–water partition coefficient (Wildman–Crippen LogP) is 5.92. The summed E-state index contributed by atoms with van der Waals surface area (Å²) in [6.07, 6.45) is 11.7. The van der Waals surface area contributed by atoms with E-state index in [0.717, 1.165) is 44.1 Å². The van der Waals surface area contributed by atoms with Gasteiger partial charge in [0.05, 0.1) is 31.7 Å². The second kappa shape index (κ2) is 14.3. The Hall–Kier alpha value is -4.14. The Balaban J connectivity index is 1.32. The van der Waals surface area contributed by atoms with Gasteiger partial charge in [-0.15, -0.1) is 0 Å². The van der Waals surface area contributed by atoms with Gasteiger partial charge in [0.15, 0.2) is 17.4 Å². The Labute approximate surface area is 272 Å². The fourth-order valence-corrected chi connectivity index (χ4v) is 7.32. The van der Waals surface area contributed by atoms with Crippen LogP contribution in [-0.4, -0.2) is 55.1 Å². The molecule has 47 heavy (non-hydrogen) atoms. The van der Waals surface area contributed by atoms with Crippen LogP contribution in [0.15, 0.2) is 60.1 Å². The number of benzene rings is 2. The Morgan fingerprint density at radius 3 is 2.62 bits per heavy atom. The van der Waals surface area contributed by atoms with E-state index in [1.54, 1.807) is 24.4 Å². The van der Waals surface area contributed by atoms with E-state index in [9.17, 15) is 8.42 Å². The number of hydrogen-bond donors (Lipinski definition) is 1.